The Labute approximate surface area is 112 Å². The molecule has 0 aromatic heterocycles. The minimum atomic E-state index is -0.757. The summed E-state index contributed by atoms with van der Waals surface area (Å²) in [5.74, 6) is 0.884. The first-order chi connectivity index (χ1) is 8.52. The fraction of sp³-hybridized carbons (Fsp3) is 0.571. The summed E-state index contributed by atoms with van der Waals surface area (Å²) in [6.45, 7) is 4.94. The van der Waals surface area contributed by atoms with E-state index in [2.05, 4.69) is 24.4 Å². The smallest absolute Gasteiger partial charge is 0.118 e. The fourth-order valence-electron chi connectivity index (χ4n) is 1.67. The summed E-state index contributed by atoms with van der Waals surface area (Å²) >= 11 is 0. The summed E-state index contributed by atoms with van der Waals surface area (Å²) in [5.41, 5.74) is 1.28. The predicted molar refractivity (Wildman–Crippen MR) is 77.7 cm³/mol. The van der Waals surface area contributed by atoms with Gasteiger partial charge in [-0.25, -0.2) is 0 Å². The number of ether oxygens (including phenoxy) is 1. The second-order valence-corrected chi connectivity index (χ2v) is 6.47. The molecular weight excluding hydrogens is 246 g/mol. The van der Waals surface area contributed by atoms with E-state index in [0.717, 1.165) is 18.7 Å². The molecule has 18 heavy (non-hydrogen) atoms. The first kappa shape index (κ1) is 15.2. The minimum Gasteiger partial charge on any atom is -0.497 e. The first-order valence-corrected chi connectivity index (χ1v) is 7.83. The highest BCUT2D eigenvalue weighted by atomic mass is 32.2. The van der Waals surface area contributed by atoms with Crippen LogP contribution >= 0.6 is 0 Å². The lowest BCUT2D eigenvalue weighted by Crippen LogP contribution is -2.35. The Morgan fingerprint density at radius 3 is 2.39 bits per heavy atom. The van der Waals surface area contributed by atoms with Crippen LogP contribution in [0.25, 0.3) is 0 Å². The van der Waals surface area contributed by atoms with Crippen LogP contribution in [0, 0.1) is 0 Å². The van der Waals surface area contributed by atoms with E-state index in [4.69, 9.17) is 4.74 Å². The normalized spacial score (nSPS) is 16.0. The highest BCUT2D eigenvalue weighted by Gasteiger charge is 2.08. The van der Waals surface area contributed by atoms with Crippen molar-refractivity contribution in [3.63, 3.8) is 0 Å². The molecule has 0 saturated heterocycles. The van der Waals surface area contributed by atoms with Crippen LogP contribution in [0.5, 0.6) is 5.75 Å². The van der Waals surface area contributed by atoms with E-state index in [-0.39, 0.29) is 5.25 Å². The van der Waals surface area contributed by atoms with Crippen LogP contribution in [-0.4, -0.2) is 35.4 Å². The van der Waals surface area contributed by atoms with Crippen LogP contribution < -0.4 is 10.1 Å². The van der Waals surface area contributed by atoms with Crippen LogP contribution in [0.2, 0.25) is 0 Å². The Morgan fingerprint density at radius 2 is 1.89 bits per heavy atom. The molecule has 0 aliphatic heterocycles. The lowest BCUT2D eigenvalue weighted by atomic mass is 10.1. The SMILES string of the molecule is COc1ccc(CC(C)NCC(C)S(C)=O)cc1. The van der Waals surface area contributed by atoms with Crippen molar-refractivity contribution < 1.29 is 8.95 Å². The van der Waals surface area contributed by atoms with Crippen molar-refractivity contribution >= 4 is 10.8 Å². The Morgan fingerprint density at radius 1 is 1.28 bits per heavy atom. The molecule has 102 valence electrons. The molecule has 1 rings (SSSR count). The number of hydrogen-bond acceptors (Lipinski definition) is 3. The van der Waals surface area contributed by atoms with Gasteiger partial charge >= 0.3 is 0 Å². The van der Waals surface area contributed by atoms with Gasteiger partial charge in [0.1, 0.15) is 5.75 Å². The van der Waals surface area contributed by atoms with Crippen molar-refractivity contribution in [1.29, 1.82) is 0 Å². The third-order valence-corrected chi connectivity index (χ3v) is 4.32. The molecule has 0 bridgehead atoms. The second-order valence-electron chi connectivity index (χ2n) is 4.67. The summed E-state index contributed by atoms with van der Waals surface area (Å²) in [4.78, 5) is 0. The standard InChI is InChI=1S/C14H23NO2S/c1-11(15-10-12(2)18(4)16)9-13-5-7-14(17-3)8-6-13/h5-8,11-12,15H,9-10H2,1-4H3. The highest BCUT2D eigenvalue weighted by Crippen LogP contribution is 2.12. The average molecular weight is 269 g/mol. The van der Waals surface area contributed by atoms with E-state index in [1.54, 1.807) is 13.4 Å². The molecule has 3 unspecified atom stereocenters. The van der Waals surface area contributed by atoms with E-state index in [1.807, 2.05) is 19.1 Å². The molecule has 3 nitrogen and oxygen atoms in total. The van der Waals surface area contributed by atoms with Gasteiger partial charge in [-0.15, -0.1) is 0 Å². The molecule has 0 saturated carbocycles. The molecule has 0 radical (unpaired) electrons. The molecule has 1 N–H and O–H groups in total. The number of hydrogen-bond donors (Lipinski definition) is 1. The first-order valence-electron chi connectivity index (χ1n) is 6.21. The van der Waals surface area contributed by atoms with Crippen LogP contribution in [-0.2, 0) is 17.2 Å². The zero-order chi connectivity index (χ0) is 13.5. The lowest BCUT2D eigenvalue weighted by molar-refractivity contribution is 0.414. The average Bonchev–Trinajstić information content (AvgIpc) is 2.36. The van der Waals surface area contributed by atoms with Crippen LogP contribution in [0.4, 0.5) is 0 Å². The molecule has 0 heterocycles. The maximum Gasteiger partial charge on any atom is 0.118 e. The molecule has 1 aromatic carbocycles. The number of benzene rings is 1. The highest BCUT2D eigenvalue weighted by molar-refractivity contribution is 7.84. The van der Waals surface area contributed by atoms with Gasteiger partial charge in [-0.3, -0.25) is 4.21 Å². The Hall–Kier alpha value is -0.870. The van der Waals surface area contributed by atoms with Crippen molar-refractivity contribution in [2.45, 2.75) is 31.6 Å². The zero-order valence-electron chi connectivity index (χ0n) is 11.6. The summed E-state index contributed by atoms with van der Waals surface area (Å²) in [6, 6.07) is 8.50. The maximum absolute atomic E-state index is 11.2. The van der Waals surface area contributed by atoms with Gasteiger partial charge in [-0.05, 0) is 38.0 Å². The van der Waals surface area contributed by atoms with Crippen molar-refractivity contribution in [2.24, 2.45) is 0 Å². The van der Waals surface area contributed by atoms with E-state index in [1.165, 1.54) is 5.56 Å². The van der Waals surface area contributed by atoms with Crippen LogP contribution in [0.15, 0.2) is 24.3 Å². The Kier molecular flexibility index (Phi) is 6.36. The monoisotopic (exact) mass is 269 g/mol. The van der Waals surface area contributed by atoms with E-state index >= 15 is 0 Å². The number of rotatable bonds is 7. The molecule has 0 aliphatic rings. The summed E-state index contributed by atoms with van der Waals surface area (Å²) in [6.07, 6.45) is 2.72. The van der Waals surface area contributed by atoms with Gasteiger partial charge in [-0.2, -0.15) is 0 Å². The van der Waals surface area contributed by atoms with Gasteiger partial charge in [0.2, 0.25) is 0 Å². The Bertz CT molecular complexity index is 378. The van der Waals surface area contributed by atoms with Crippen molar-refractivity contribution in [2.75, 3.05) is 19.9 Å². The maximum atomic E-state index is 11.2. The summed E-state index contributed by atoms with van der Waals surface area (Å²) in [5, 5.41) is 3.61. The molecule has 4 heteroatoms. The van der Waals surface area contributed by atoms with Gasteiger partial charge in [0.05, 0.1) is 7.11 Å². The quantitative estimate of drug-likeness (QED) is 0.822. The molecule has 0 spiro atoms. The third kappa shape index (κ3) is 5.19. The van der Waals surface area contributed by atoms with Crippen molar-refractivity contribution in [1.82, 2.24) is 5.32 Å². The molecule has 1 aromatic rings. The predicted octanol–water partition coefficient (Wildman–Crippen LogP) is 1.98. The molecule has 0 amide bonds. The summed E-state index contributed by atoms with van der Waals surface area (Å²) in [7, 11) is 0.915. The topological polar surface area (TPSA) is 38.3 Å². The minimum absolute atomic E-state index is 0.198. The van der Waals surface area contributed by atoms with Crippen LogP contribution in [0.1, 0.15) is 19.4 Å². The third-order valence-electron chi connectivity index (χ3n) is 3.02. The fourth-order valence-corrected chi connectivity index (χ4v) is 2.00. The van der Waals surface area contributed by atoms with Gasteiger partial charge < -0.3 is 10.1 Å². The van der Waals surface area contributed by atoms with E-state index in [0.29, 0.717) is 6.04 Å². The Balaban J connectivity index is 2.39. The van der Waals surface area contributed by atoms with Crippen LogP contribution in [0.3, 0.4) is 0 Å². The molecular formula is C14H23NO2S. The molecule has 0 aliphatic carbocycles. The number of methoxy groups -OCH3 is 1. The van der Waals surface area contributed by atoms with E-state index < -0.39 is 10.8 Å². The molecule has 3 atom stereocenters. The van der Waals surface area contributed by atoms with Crippen molar-refractivity contribution in [3.8, 4) is 5.75 Å². The lowest BCUT2D eigenvalue weighted by Gasteiger charge is -2.16. The summed E-state index contributed by atoms with van der Waals surface area (Å²) < 4.78 is 16.4. The second kappa shape index (κ2) is 7.54. The largest absolute Gasteiger partial charge is 0.497 e. The zero-order valence-corrected chi connectivity index (χ0v) is 12.4. The number of nitrogens with one attached hydrogen (secondary N) is 1. The van der Waals surface area contributed by atoms with Crippen molar-refractivity contribution in [3.05, 3.63) is 29.8 Å². The van der Waals surface area contributed by atoms with Gasteiger partial charge in [0.15, 0.2) is 0 Å². The van der Waals surface area contributed by atoms with Gasteiger partial charge in [-0.1, -0.05) is 12.1 Å². The van der Waals surface area contributed by atoms with E-state index in [9.17, 15) is 4.21 Å². The molecule has 0 fully saturated rings. The van der Waals surface area contributed by atoms with Gasteiger partial charge in [0.25, 0.3) is 0 Å². The van der Waals surface area contributed by atoms with Gasteiger partial charge in [0, 0.05) is 34.9 Å².